The summed E-state index contributed by atoms with van der Waals surface area (Å²) in [7, 11) is 0. The van der Waals surface area contributed by atoms with Gasteiger partial charge >= 0.3 is 0 Å². The van der Waals surface area contributed by atoms with Crippen molar-refractivity contribution >= 4 is 17.4 Å². The number of amides is 1. The van der Waals surface area contributed by atoms with E-state index in [9.17, 15) is 13.6 Å². The summed E-state index contributed by atoms with van der Waals surface area (Å²) in [6.07, 6.45) is 0.872. The number of aromatic nitrogens is 1. The summed E-state index contributed by atoms with van der Waals surface area (Å²) in [6.45, 7) is 1.29. The van der Waals surface area contributed by atoms with E-state index in [-0.39, 0.29) is 5.82 Å². The third-order valence-corrected chi connectivity index (χ3v) is 2.33. The second-order valence-corrected chi connectivity index (χ2v) is 3.65. The Labute approximate surface area is 103 Å². The van der Waals surface area contributed by atoms with Crippen molar-refractivity contribution in [1.29, 1.82) is 0 Å². The third kappa shape index (κ3) is 2.34. The zero-order valence-corrected chi connectivity index (χ0v) is 9.60. The maximum absolute atomic E-state index is 13.7. The Bertz CT molecular complexity index is 572. The number of benzene rings is 1. The van der Waals surface area contributed by atoms with Crippen LogP contribution in [0.1, 0.15) is 6.92 Å². The van der Waals surface area contributed by atoms with E-state index in [0.29, 0.717) is 11.8 Å². The lowest BCUT2D eigenvalue weighted by Gasteiger charge is -2.20. The summed E-state index contributed by atoms with van der Waals surface area (Å²) in [5, 5.41) is 0. The maximum atomic E-state index is 13.7. The van der Waals surface area contributed by atoms with Crippen molar-refractivity contribution in [1.82, 2.24) is 4.98 Å². The van der Waals surface area contributed by atoms with Crippen LogP contribution in [0.2, 0.25) is 0 Å². The smallest absolute Gasteiger partial charge is 0.229 e. The molecule has 2 aromatic rings. The van der Waals surface area contributed by atoms with Gasteiger partial charge < -0.3 is 0 Å². The molecule has 0 N–H and O–H groups in total. The Hall–Kier alpha value is -2.30. The van der Waals surface area contributed by atoms with E-state index < -0.39 is 17.5 Å². The van der Waals surface area contributed by atoms with Crippen LogP contribution in [0.5, 0.6) is 0 Å². The number of nitrogens with zero attached hydrogens (tertiary/aromatic N) is 2. The second-order valence-electron chi connectivity index (χ2n) is 3.65. The van der Waals surface area contributed by atoms with Gasteiger partial charge in [-0.1, -0.05) is 18.2 Å². The highest BCUT2D eigenvalue weighted by Gasteiger charge is 2.19. The Morgan fingerprint density at radius 2 is 1.89 bits per heavy atom. The average Bonchev–Trinajstić information content (AvgIpc) is 2.33. The van der Waals surface area contributed by atoms with E-state index in [4.69, 9.17) is 0 Å². The third-order valence-electron chi connectivity index (χ3n) is 2.33. The van der Waals surface area contributed by atoms with Gasteiger partial charge in [-0.05, 0) is 12.1 Å². The molecule has 0 saturated carbocycles. The molecule has 1 amide bonds. The Morgan fingerprint density at radius 1 is 1.22 bits per heavy atom. The number of hydrogen-bond acceptors (Lipinski definition) is 2. The summed E-state index contributed by atoms with van der Waals surface area (Å²) < 4.78 is 26.5. The van der Waals surface area contributed by atoms with Crippen LogP contribution in [-0.2, 0) is 4.79 Å². The molecule has 1 aromatic carbocycles. The Morgan fingerprint density at radius 3 is 2.44 bits per heavy atom. The van der Waals surface area contributed by atoms with E-state index in [1.54, 1.807) is 30.3 Å². The van der Waals surface area contributed by atoms with Crippen molar-refractivity contribution in [2.24, 2.45) is 0 Å². The fourth-order valence-electron chi connectivity index (χ4n) is 1.60. The summed E-state index contributed by atoms with van der Waals surface area (Å²) in [4.78, 5) is 16.3. The number of pyridine rings is 1. The first kappa shape index (κ1) is 12.2. The largest absolute Gasteiger partial charge is 0.274 e. The van der Waals surface area contributed by atoms with E-state index in [1.807, 2.05) is 0 Å². The van der Waals surface area contributed by atoms with Crippen molar-refractivity contribution < 1.29 is 13.6 Å². The molecular weight excluding hydrogens is 238 g/mol. The lowest BCUT2D eigenvalue weighted by Crippen LogP contribution is -2.24. The summed E-state index contributed by atoms with van der Waals surface area (Å²) in [5.41, 5.74) is 0.475. The molecule has 5 heteroatoms. The molecule has 1 aromatic heterocycles. The first-order valence-corrected chi connectivity index (χ1v) is 5.26. The summed E-state index contributed by atoms with van der Waals surface area (Å²) in [5.74, 6) is -2.28. The predicted octanol–water partition coefficient (Wildman–Crippen LogP) is 3.04. The number of halogens is 2. The predicted molar refractivity (Wildman–Crippen MR) is 63.4 cm³/mol. The zero-order chi connectivity index (χ0) is 13.1. The van der Waals surface area contributed by atoms with Gasteiger partial charge in [0.25, 0.3) is 0 Å². The number of para-hydroxylation sites is 1. The molecule has 3 nitrogen and oxygen atoms in total. The van der Waals surface area contributed by atoms with Crippen LogP contribution in [-0.4, -0.2) is 10.9 Å². The van der Waals surface area contributed by atoms with Crippen LogP contribution in [0.15, 0.2) is 42.6 Å². The normalized spacial score (nSPS) is 10.2. The maximum Gasteiger partial charge on any atom is 0.229 e. The van der Waals surface area contributed by atoms with Crippen LogP contribution in [0.3, 0.4) is 0 Å². The molecule has 0 fully saturated rings. The molecule has 0 aliphatic heterocycles. The van der Waals surface area contributed by atoms with Crippen LogP contribution >= 0.6 is 0 Å². The molecule has 2 rings (SSSR count). The van der Waals surface area contributed by atoms with Crippen molar-refractivity contribution in [2.45, 2.75) is 6.92 Å². The van der Waals surface area contributed by atoms with Gasteiger partial charge in [0.2, 0.25) is 5.91 Å². The molecule has 0 bridgehead atoms. The minimum atomic E-state index is -0.881. The average molecular weight is 248 g/mol. The Balaban J connectivity index is 2.52. The summed E-state index contributed by atoms with van der Waals surface area (Å²) >= 11 is 0. The molecule has 0 atom stereocenters. The number of rotatable bonds is 2. The minimum absolute atomic E-state index is 0.213. The lowest BCUT2D eigenvalue weighted by molar-refractivity contribution is -0.115. The van der Waals surface area contributed by atoms with Gasteiger partial charge in [-0.15, -0.1) is 0 Å². The van der Waals surface area contributed by atoms with Gasteiger partial charge in [0, 0.05) is 13.0 Å². The fourth-order valence-corrected chi connectivity index (χ4v) is 1.60. The van der Waals surface area contributed by atoms with Gasteiger partial charge in [0.05, 0.1) is 11.9 Å². The van der Waals surface area contributed by atoms with Crippen LogP contribution in [0.25, 0.3) is 0 Å². The van der Waals surface area contributed by atoms with Crippen LogP contribution in [0.4, 0.5) is 20.3 Å². The number of anilines is 2. The molecule has 0 radical (unpaired) electrons. The molecule has 18 heavy (non-hydrogen) atoms. The lowest BCUT2D eigenvalue weighted by atomic mass is 10.2. The van der Waals surface area contributed by atoms with Crippen molar-refractivity contribution in [3.8, 4) is 0 Å². The molecule has 0 aliphatic carbocycles. The Kier molecular flexibility index (Phi) is 3.32. The first-order valence-electron chi connectivity index (χ1n) is 5.26. The number of carbonyl (C=O) groups is 1. The highest BCUT2D eigenvalue weighted by Crippen LogP contribution is 2.25. The SMILES string of the molecule is CC(=O)N(c1ccccc1)c1ncc(F)cc1F. The molecule has 0 aliphatic rings. The van der Waals surface area contributed by atoms with Gasteiger partial charge in [-0.2, -0.15) is 0 Å². The standard InChI is InChI=1S/C13H10F2N2O/c1-9(18)17(11-5-3-2-4-6-11)13-12(15)7-10(14)8-16-13/h2-8H,1H3. The quantitative estimate of drug-likeness (QED) is 0.818. The zero-order valence-electron chi connectivity index (χ0n) is 9.60. The van der Waals surface area contributed by atoms with E-state index >= 15 is 0 Å². The van der Waals surface area contributed by atoms with Gasteiger partial charge in [-0.25, -0.2) is 13.8 Å². The first-order chi connectivity index (χ1) is 8.59. The fraction of sp³-hybridized carbons (Fsp3) is 0.0769. The van der Waals surface area contributed by atoms with Crippen molar-refractivity contribution in [3.05, 3.63) is 54.2 Å². The van der Waals surface area contributed by atoms with Crippen molar-refractivity contribution in [3.63, 3.8) is 0 Å². The topological polar surface area (TPSA) is 33.2 Å². The summed E-state index contributed by atoms with van der Waals surface area (Å²) in [6, 6.07) is 9.19. The molecule has 0 unspecified atom stereocenters. The molecule has 1 heterocycles. The van der Waals surface area contributed by atoms with Crippen LogP contribution in [0, 0.1) is 11.6 Å². The van der Waals surface area contributed by atoms with Crippen molar-refractivity contribution in [2.75, 3.05) is 4.90 Å². The highest BCUT2D eigenvalue weighted by molar-refractivity contribution is 5.98. The molecule has 0 spiro atoms. The van der Waals surface area contributed by atoms with Gasteiger partial charge in [0.1, 0.15) is 5.82 Å². The minimum Gasteiger partial charge on any atom is -0.274 e. The van der Waals surface area contributed by atoms with E-state index in [2.05, 4.69) is 4.98 Å². The van der Waals surface area contributed by atoms with E-state index in [0.717, 1.165) is 11.1 Å². The number of carbonyl (C=O) groups excluding carboxylic acids is 1. The monoisotopic (exact) mass is 248 g/mol. The second kappa shape index (κ2) is 4.91. The van der Waals surface area contributed by atoms with E-state index in [1.165, 1.54) is 6.92 Å². The number of hydrogen-bond donors (Lipinski definition) is 0. The van der Waals surface area contributed by atoms with Crippen LogP contribution < -0.4 is 4.90 Å². The van der Waals surface area contributed by atoms with Gasteiger partial charge in [-0.3, -0.25) is 9.69 Å². The highest BCUT2D eigenvalue weighted by atomic mass is 19.1. The van der Waals surface area contributed by atoms with Gasteiger partial charge in [0.15, 0.2) is 11.6 Å². The molecule has 0 saturated heterocycles. The molecular formula is C13H10F2N2O. The molecule has 92 valence electrons.